The van der Waals surface area contributed by atoms with Crippen molar-refractivity contribution in [2.45, 2.75) is 0 Å². The zero-order valence-electron chi connectivity index (χ0n) is 85.1. The number of nitrogen functional groups attached to an aromatic ring is 6. The summed E-state index contributed by atoms with van der Waals surface area (Å²) in [7, 11) is 15.0. The van der Waals surface area contributed by atoms with Crippen molar-refractivity contribution in [2.75, 3.05) is 105 Å². The van der Waals surface area contributed by atoms with E-state index in [9.17, 15) is 0 Å². The summed E-state index contributed by atoms with van der Waals surface area (Å²) >= 11 is 0. The van der Waals surface area contributed by atoms with Crippen molar-refractivity contribution < 1.29 is 0 Å². The molecule has 4 heterocycles. The van der Waals surface area contributed by atoms with Crippen LogP contribution < -0.4 is 91.7 Å². The van der Waals surface area contributed by atoms with Crippen molar-refractivity contribution in [2.24, 2.45) is 57.3 Å². The van der Waals surface area contributed by atoms with Crippen LogP contribution in [-0.2, 0) is 0 Å². The van der Waals surface area contributed by atoms with Crippen LogP contribution in [0.2, 0.25) is 0 Å². The van der Waals surface area contributed by atoms with Gasteiger partial charge in [-0.05, 0) is 274 Å². The predicted octanol–water partition coefficient (Wildman–Crippen LogP) is 24.7. The molecule has 0 spiro atoms. The lowest BCUT2D eigenvalue weighted by atomic mass is 9.89. The SMILES string of the molecule is CN.CN.CN.CN.CN.CN.CN.CN.CN.CN.Nc1cc2c3cccc4cccc(c5cccc(c1N)c52)c43.Nc1cc2cccc3c4cccc5cccc(c(c1N)c23)c54.Nc1ccccc1N.c1ccc(-c2cc3cccnc3c3ccccc23)cc1.c1ccc(-c2ccccc2)cc1.c1ccc(-c2ccccc2)cc1.c1ccc(-c2cccnc2)cc1.c1ccc(-c2ccnc(-c3ccccn3)c2)cc1. The zero-order valence-corrected chi connectivity index (χ0v) is 85.1. The molecule has 0 aliphatic heterocycles. The van der Waals surface area contributed by atoms with E-state index in [1.54, 1.807) is 24.5 Å². The minimum atomic E-state index is 0.646. The summed E-state index contributed by atoms with van der Waals surface area (Å²) in [5.41, 5.74) is 99.9. The van der Waals surface area contributed by atoms with Crippen molar-refractivity contribution in [3.63, 3.8) is 0 Å². The zero-order chi connectivity index (χ0) is 106. The number of fused-ring (bicyclic) bond motifs is 7. The van der Waals surface area contributed by atoms with Crippen molar-refractivity contribution in [1.82, 2.24) is 19.9 Å². The first-order valence-corrected chi connectivity index (χ1v) is 47.6. The van der Waals surface area contributed by atoms with Gasteiger partial charge in [-0.15, -0.1) is 0 Å². The van der Waals surface area contributed by atoms with Gasteiger partial charge in [-0.25, -0.2) is 0 Å². The molecule has 0 atom stereocenters. The van der Waals surface area contributed by atoms with Crippen LogP contribution in [0.1, 0.15) is 0 Å². The largest absolute Gasteiger partial charge is 0.397 e. The van der Waals surface area contributed by atoms with Crippen molar-refractivity contribution in [3.05, 3.63) is 474 Å². The predicted molar refractivity (Wildman–Crippen MR) is 640 cm³/mol. The Morgan fingerprint density at radius 1 is 0.158 bits per heavy atom. The average molecular weight is 1930 g/mol. The van der Waals surface area contributed by atoms with Gasteiger partial charge in [0, 0.05) is 52.5 Å². The number of anilines is 6. The lowest BCUT2D eigenvalue weighted by Gasteiger charge is -2.16. The average Bonchev–Trinajstić information content (AvgIpc) is 0.764. The van der Waals surface area contributed by atoms with Gasteiger partial charge >= 0.3 is 0 Å². The number of pyridine rings is 4. The van der Waals surface area contributed by atoms with Gasteiger partial charge in [-0.1, -0.05) is 376 Å². The van der Waals surface area contributed by atoms with Crippen LogP contribution >= 0.6 is 0 Å². The molecule has 744 valence electrons. The van der Waals surface area contributed by atoms with Crippen LogP contribution in [0.4, 0.5) is 34.1 Å². The Hall–Kier alpha value is -17.5. The molecular formula is C126H140N20. The molecule has 0 amide bonds. The van der Waals surface area contributed by atoms with E-state index in [4.69, 9.17) is 34.4 Å². The highest BCUT2D eigenvalue weighted by Crippen LogP contribution is 2.46. The second-order valence-corrected chi connectivity index (χ2v) is 30.4. The van der Waals surface area contributed by atoms with E-state index in [-0.39, 0.29) is 0 Å². The molecule has 20 heteroatoms. The topological polar surface area (TPSA) is 468 Å². The third-order valence-corrected chi connectivity index (χ3v) is 22.4. The Morgan fingerprint density at radius 2 is 0.479 bits per heavy atom. The third kappa shape index (κ3) is 30.1. The summed E-state index contributed by atoms with van der Waals surface area (Å²) in [6, 6.07) is 151. The second-order valence-electron chi connectivity index (χ2n) is 30.4. The van der Waals surface area contributed by atoms with Gasteiger partial charge in [0.2, 0.25) is 0 Å². The molecule has 0 bridgehead atoms. The van der Waals surface area contributed by atoms with Gasteiger partial charge in [0.25, 0.3) is 0 Å². The molecule has 0 fully saturated rings. The summed E-state index contributed by atoms with van der Waals surface area (Å²) in [5, 5.41) is 23.0. The number of para-hydroxylation sites is 2. The maximum Gasteiger partial charge on any atom is 0.0892 e. The monoisotopic (exact) mass is 1930 g/mol. The van der Waals surface area contributed by atoms with Crippen LogP contribution in [0.3, 0.4) is 0 Å². The number of rotatable bonds is 6. The van der Waals surface area contributed by atoms with E-state index in [0.29, 0.717) is 34.1 Å². The molecule has 20 nitrogen and oxygen atoms in total. The van der Waals surface area contributed by atoms with Crippen LogP contribution in [0.25, 0.3) is 175 Å². The van der Waals surface area contributed by atoms with Crippen LogP contribution in [0.15, 0.2) is 474 Å². The van der Waals surface area contributed by atoms with E-state index in [0.717, 1.165) is 44.2 Å². The molecule has 24 rings (SSSR count). The Bertz CT molecular complexity index is 7360. The van der Waals surface area contributed by atoms with E-state index in [2.05, 4.69) is 381 Å². The highest BCUT2D eigenvalue weighted by molar-refractivity contribution is 6.37. The van der Waals surface area contributed by atoms with E-state index in [1.165, 1.54) is 201 Å². The number of hydrogen-bond acceptors (Lipinski definition) is 20. The maximum atomic E-state index is 6.37. The summed E-state index contributed by atoms with van der Waals surface area (Å²) in [4.78, 5) is 17.3. The standard InChI is InChI=1S/2C20H14N2.C19H13N.C16H12N2.2C12H10.C11H9N.C6H8N2.10CH5N/c21-16-10-12-6-3-8-14-13-7-1-4-11-5-2-9-15(17(11)13)19(18(12)14)20(16)22;21-17-10-16-14-7-2-5-11-4-1-6-12(18(11)14)13-8-3-9-15(19(13)16)20(17)22;1-2-7-14(8-3-1)18-13-15-9-6-12-20-19(15)17-11-5-4-10-16(17)18;1-2-6-13(7-3-1)14-9-11-18-16(12-14)15-8-4-5-10-17-15;2*1-3-7-11(8-4-1)12-9-5-2-6-10-12;1-2-5-10(6-3-1)11-7-4-8-12-9-11;7-5-3-1-2-4-6(5)8;10*1-2/h2*1-10H,21-22H2;1-13H;1-12H;2*1-10H;1-9H;1-4H,7-8H2;10*2H2,1H3. The summed E-state index contributed by atoms with van der Waals surface area (Å²) in [6.07, 6.45) is 9.12. The number of nitrogens with two attached hydrogens (primary N) is 16. The molecule has 32 N–H and O–H groups in total. The number of aromatic nitrogens is 4. The Kier molecular flexibility index (Phi) is 50.7. The highest BCUT2D eigenvalue weighted by Gasteiger charge is 2.19. The smallest absolute Gasteiger partial charge is 0.0892 e. The van der Waals surface area contributed by atoms with Crippen molar-refractivity contribution >= 4 is 142 Å². The normalized spacial score (nSPS) is 9.67. The van der Waals surface area contributed by atoms with Crippen molar-refractivity contribution in [3.8, 4) is 67.0 Å². The number of hydrogen-bond donors (Lipinski definition) is 16. The van der Waals surface area contributed by atoms with Gasteiger partial charge in [0.15, 0.2) is 0 Å². The molecule has 0 unspecified atom stereocenters. The fourth-order valence-corrected chi connectivity index (χ4v) is 16.4. The van der Waals surface area contributed by atoms with E-state index in [1.807, 2.05) is 146 Å². The first-order chi connectivity index (χ1) is 72.1. The molecule has 0 aliphatic rings. The van der Waals surface area contributed by atoms with Gasteiger partial charge in [-0.3, -0.25) is 19.9 Å². The van der Waals surface area contributed by atoms with Crippen LogP contribution in [0, 0.1) is 0 Å². The molecule has 0 aliphatic carbocycles. The maximum absolute atomic E-state index is 6.37. The fourth-order valence-electron chi connectivity index (χ4n) is 16.4. The molecule has 0 radical (unpaired) electrons. The van der Waals surface area contributed by atoms with E-state index >= 15 is 0 Å². The molecule has 20 aromatic carbocycles. The Labute approximate surface area is 859 Å². The molecule has 0 saturated carbocycles. The highest BCUT2D eigenvalue weighted by atomic mass is 14.8. The molecular weight excluding hydrogens is 1790 g/mol. The lowest BCUT2D eigenvalue weighted by Crippen LogP contribution is -1.97. The molecule has 24 aromatic rings. The van der Waals surface area contributed by atoms with Gasteiger partial charge < -0.3 is 91.7 Å². The third-order valence-electron chi connectivity index (χ3n) is 22.4. The Balaban J connectivity index is 0.000000224. The van der Waals surface area contributed by atoms with Crippen LogP contribution in [-0.4, -0.2) is 90.4 Å². The van der Waals surface area contributed by atoms with Gasteiger partial charge in [-0.2, -0.15) is 0 Å². The Morgan fingerprint density at radius 3 is 0.918 bits per heavy atom. The minimum absolute atomic E-state index is 0.646. The summed E-state index contributed by atoms with van der Waals surface area (Å²) < 4.78 is 0. The quantitative estimate of drug-likeness (QED) is 0.0418. The summed E-state index contributed by atoms with van der Waals surface area (Å²) in [5.74, 6) is 0. The lowest BCUT2D eigenvalue weighted by molar-refractivity contribution is 1.25. The fraction of sp³-hybridized carbons (Fsp3) is 0.0794. The number of nitrogens with zero attached hydrogens (tertiary/aromatic N) is 4. The van der Waals surface area contributed by atoms with E-state index < -0.39 is 0 Å². The summed E-state index contributed by atoms with van der Waals surface area (Å²) in [6.45, 7) is 0. The minimum Gasteiger partial charge on any atom is -0.397 e. The van der Waals surface area contributed by atoms with Crippen LogP contribution in [0.5, 0.6) is 0 Å². The first-order valence-electron chi connectivity index (χ1n) is 47.6. The molecule has 0 saturated heterocycles. The van der Waals surface area contributed by atoms with Gasteiger partial charge in [0.05, 0.1) is 51.0 Å². The second kappa shape index (κ2) is 64.1. The molecule has 146 heavy (non-hydrogen) atoms. The van der Waals surface area contributed by atoms with Gasteiger partial charge in [0.1, 0.15) is 0 Å². The molecule has 4 aromatic heterocycles. The van der Waals surface area contributed by atoms with Crippen molar-refractivity contribution in [1.29, 1.82) is 0 Å². The first kappa shape index (κ1) is 115. The number of benzene rings is 20.